The Labute approximate surface area is 102 Å². The minimum absolute atomic E-state index is 0.00613. The third-order valence-corrected chi connectivity index (χ3v) is 2.57. The molecule has 4 heteroatoms. The molecule has 2 unspecified atom stereocenters. The van der Waals surface area contributed by atoms with Gasteiger partial charge in [-0.05, 0) is 31.2 Å². The van der Waals surface area contributed by atoms with Crippen LogP contribution in [0.25, 0.3) is 0 Å². The highest BCUT2D eigenvalue weighted by atomic mass is 16.3. The summed E-state index contributed by atoms with van der Waals surface area (Å²) in [6, 6.07) is 7.23. The van der Waals surface area contributed by atoms with Crippen molar-refractivity contribution in [1.29, 1.82) is 0 Å². The van der Waals surface area contributed by atoms with Gasteiger partial charge < -0.3 is 15.7 Å². The molecule has 17 heavy (non-hydrogen) atoms. The van der Waals surface area contributed by atoms with Crippen molar-refractivity contribution >= 4 is 11.6 Å². The molecule has 94 valence electrons. The molecule has 0 bridgehead atoms. The summed E-state index contributed by atoms with van der Waals surface area (Å²) in [6.45, 7) is 6.23. The van der Waals surface area contributed by atoms with Gasteiger partial charge in [0.1, 0.15) is 0 Å². The zero-order chi connectivity index (χ0) is 12.8. The van der Waals surface area contributed by atoms with Crippen LogP contribution >= 0.6 is 0 Å². The summed E-state index contributed by atoms with van der Waals surface area (Å²) < 4.78 is 0. The molecule has 4 nitrogen and oxygen atoms in total. The molecule has 0 aliphatic carbocycles. The predicted molar refractivity (Wildman–Crippen MR) is 68.8 cm³/mol. The fraction of sp³-hybridized carbons (Fsp3) is 0.462. The highest BCUT2D eigenvalue weighted by molar-refractivity contribution is 5.88. The molecule has 0 aromatic heterocycles. The number of anilines is 1. The summed E-state index contributed by atoms with van der Waals surface area (Å²) >= 11 is 0. The van der Waals surface area contributed by atoms with Crippen LogP contribution in [0.15, 0.2) is 24.3 Å². The van der Waals surface area contributed by atoms with Gasteiger partial charge in [-0.1, -0.05) is 19.1 Å². The zero-order valence-electron chi connectivity index (χ0n) is 10.5. The molecule has 0 saturated carbocycles. The molecule has 0 aliphatic heterocycles. The fourth-order valence-corrected chi connectivity index (χ4v) is 1.69. The lowest BCUT2D eigenvalue weighted by Crippen LogP contribution is -2.31. The number of rotatable bonds is 5. The van der Waals surface area contributed by atoms with Gasteiger partial charge in [0.05, 0.1) is 6.10 Å². The topological polar surface area (TPSA) is 61.4 Å². The Hall–Kier alpha value is -1.39. The number of aliphatic hydroxyl groups excluding tert-OH is 1. The molecule has 1 aromatic carbocycles. The van der Waals surface area contributed by atoms with Gasteiger partial charge in [-0.2, -0.15) is 0 Å². The van der Waals surface area contributed by atoms with E-state index in [9.17, 15) is 9.90 Å². The zero-order valence-corrected chi connectivity index (χ0v) is 10.5. The number of hydrogen-bond acceptors (Lipinski definition) is 3. The van der Waals surface area contributed by atoms with E-state index in [0.717, 1.165) is 17.8 Å². The van der Waals surface area contributed by atoms with Crippen LogP contribution in [0.5, 0.6) is 0 Å². The van der Waals surface area contributed by atoms with Crippen molar-refractivity contribution in [2.75, 3.05) is 11.9 Å². The molecule has 3 N–H and O–H groups in total. The van der Waals surface area contributed by atoms with E-state index < -0.39 is 6.10 Å². The van der Waals surface area contributed by atoms with Gasteiger partial charge in [-0.15, -0.1) is 0 Å². The number of aliphatic hydroxyl groups is 1. The minimum Gasteiger partial charge on any atom is -0.387 e. The van der Waals surface area contributed by atoms with E-state index in [4.69, 9.17) is 0 Å². The molecule has 0 saturated heterocycles. The van der Waals surface area contributed by atoms with E-state index >= 15 is 0 Å². The molecule has 0 spiro atoms. The smallest absolute Gasteiger partial charge is 0.221 e. The SMILES string of the molecule is CCNC(C)C(O)c1ccc(NC(C)=O)cc1. The number of carbonyl (C=O) groups excluding carboxylic acids is 1. The Morgan fingerprint density at radius 3 is 2.41 bits per heavy atom. The number of likely N-dealkylation sites (N-methyl/N-ethyl adjacent to an activating group) is 1. The second-order valence-electron chi connectivity index (χ2n) is 4.09. The maximum absolute atomic E-state index is 10.9. The van der Waals surface area contributed by atoms with Gasteiger partial charge in [0, 0.05) is 18.7 Å². The summed E-state index contributed by atoms with van der Waals surface area (Å²) in [6.07, 6.45) is -0.540. The lowest BCUT2D eigenvalue weighted by atomic mass is 10.0. The normalized spacial score (nSPS) is 14.1. The molecule has 0 fully saturated rings. The van der Waals surface area contributed by atoms with Crippen molar-refractivity contribution in [3.8, 4) is 0 Å². The Kier molecular flexibility index (Phi) is 5.12. The van der Waals surface area contributed by atoms with Gasteiger partial charge in [0.2, 0.25) is 5.91 Å². The molecule has 1 rings (SSSR count). The minimum atomic E-state index is -0.540. The number of amides is 1. The number of nitrogens with one attached hydrogen (secondary N) is 2. The lowest BCUT2D eigenvalue weighted by Gasteiger charge is -2.20. The molecular formula is C13H20N2O2. The van der Waals surface area contributed by atoms with Crippen LogP contribution < -0.4 is 10.6 Å². The first-order valence-electron chi connectivity index (χ1n) is 5.83. The standard InChI is InChI=1S/C13H20N2O2/c1-4-14-9(2)13(17)11-5-7-12(8-6-11)15-10(3)16/h5-9,13-14,17H,4H2,1-3H3,(H,15,16). The molecule has 0 radical (unpaired) electrons. The van der Waals surface area contributed by atoms with Crippen LogP contribution in [-0.4, -0.2) is 23.6 Å². The first-order valence-corrected chi connectivity index (χ1v) is 5.83. The van der Waals surface area contributed by atoms with Crippen molar-refractivity contribution in [3.05, 3.63) is 29.8 Å². The lowest BCUT2D eigenvalue weighted by molar-refractivity contribution is -0.114. The van der Waals surface area contributed by atoms with Crippen LogP contribution in [0.3, 0.4) is 0 Å². The van der Waals surface area contributed by atoms with Crippen LogP contribution in [0, 0.1) is 0 Å². The number of carbonyl (C=O) groups is 1. The third-order valence-electron chi connectivity index (χ3n) is 2.57. The van der Waals surface area contributed by atoms with Crippen LogP contribution in [0.2, 0.25) is 0 Å². The Bertz CT molecular complexity index is 362. The Morgan fingerprint density at radius 1 is 1.35 bits per heavy atom. The Balaban J connectivity index is 2.69. The molecule has 0 aliphatic rings. The van der Waals surface area contributed by atoms with E-state index in [0.29, 0.717) is 0 Å². The van der Waals surface area contributed by atoms with E-state index in [2.05, 4.69) is 10.6 Å². The van der Waals surface area contributed by atoms with Gasteiger partial charge in [-0.25, -0.2) is 0 Å². The highest BCUT2D eigenvalue weighted by Crippen LogP contribution is 2.19. The van der Waals surface area contributed by atoms with Crippen molar-refractivity contribution in [3.63, 3.8) is 0 Å². The second-order valence-corrected chi connectivity index (χ2v) is 4.09. The van der Waals surface area contributed by atoms with Crippen molar-refractivity contribution in [2.45, 2.75) is 32.9 Å². The van der Waals surface area contributed by atoms with Gasteiger partial charge >= 0.3 is 0 Å². The van der Waals surface area contributed by atoms with Crippen LogP contribution in [0.4, 0.5) is 5.69 Å². The first kappa shape index (κ1) is 13.7. The van der Waals surface area contributed by atoms with Gasteiger partial charge in [-0.3, -0.25) is 4.79 Å². The van der Waals surface area contributed by atoms with E-state index in [1.807, 2.05) is 26.0 Å². The quantitative estimate of drug-likeness (QED) is 0.729. The van der Waals surface area contributed by atoms with Crippen LogP contribution in [0.1, 0.15) is 32.4 Å². The molecule has 1 amide bonds. The maximum atomic E-state index is 10.9. The fourth-order valence-electron chi connectivity index (χ4n) is 1.69. The van der Waals surface area contributed by atoms with Crippen molar-refractivity contribution < 1.29 is 9.90 Å². The van der Waals surface area contributed by atoms with E-state index in [-0.39, 0.29) is 11.9 Å². The first-order chi connectivity index (χ1) is 8.04. The molecule has 2 atom stereocenters. The summed E-state index contributed by atoms with van der Waals surface area (Å²) in [5, 5.41) is 15.9. The number of benzene rings is 1. The summed E-state index contributed by atoms with van der Waals surface area (Å²) in [7, 11) is 0. The number of hydrogen-bond donors (Lipinski definition) is 3. The second kappa shape index (κ2) is 6.37. The largest absolute Gasteiger partial charge is 0.387 e. The summed E-state index contributed by atoms with van der Waals surface area (Å²) in [5.74, 6) is -0.0979. The van der Waals surface area contributed by atoms with Crippen molar-refractivity contribution in [1.82, 2.24) is 5.32 Å². The average molecular weight is 236 g/mol. The third kappa shape index (κ3) is 4.17. The molecular weight excluding hydrogens is 216 g/mol. The van der Waals surface area contributed by atoms with E-state index in [1.54, 1.807) is 12.1 Å². The van der Waals surface area contributed by atoms with Crippen LogP contribution in [-0.2, 0) is 4.79 Å². The molecule has 1 aromatic rings. The van der Waals surface area contributed by atoms with Gasteiger partial charge in [0.15, 0.2) is 0 Å². The average Bonchev–Trinajstić information content (AvgIpc) is 2.28. The monoisotopic (exact) mass is 236 g/mol. The Morgan fingerprint density at radius 2 is 1.94 bits per heavy atom. The van der Waals surface area contributed by atoms with E-state index in [1.165, 1.54) is 6.92 Å². The molecule has 0 heterocycles. The maximum Gasteiger partial charge on any atom is 0.221 e. The highest BCUT2D eigenvalue weighted by Gasteiger charge is 2.14. The van der Waals surface area contributed by atoms with Gasteiger partial charge in [0.25, 0.3) is 0 Å². The summed E-state index contributed by atoms with van der Waals surface area (Å²) in [5.41, 5.74) is 1.58. The summed E-state index contributed by atoms with van der Waals surface area (Å²) in [4.78, 5) is 10.9. The van der Waals surface area contributed by atoms with Crippen molar-refractivity contribution in [2.24, 2.45) is 0 Å². The predicted octanol–water partition coefficient (Wildman–Crippen LogP) is 1.68.